The van der Waals surface area contributed by atoms with E-state index in [1.165, 1.54) is 0 Å². The van der Waals surface area contributed by atoms with Gasteiger partial charge in [-0.3, -0.25) is 15.0 Å². The zero-order valence-corrected chi connectivity index (χ0v) is 26.1. The molecule has 0 aliphatic carbocycles. The minimum atomic E-state index is 0.845. The van der Waals surface area contributed by atoms with Crippen LogP contribution in [0.4, 0.5) is 0 Å². The van der Waals surface area contributed by atoms with Gasteiger partial charge < -0.3 is 0 Å². The summed E-state index contributed by atoms with van der Waals surface area (Å²) in [4.78, 5) is 24.2. The largest absolute Gasteiger partial charge is 0.264 e. The predicted octanol–water partition coefficient (Wildman–Crippen LogP) is 5.45. The standard InChI is InChI=1S/C41H26N8/c1-2-7-26(8-3-1)38-30-12-13-31(45-30)39(27-9-4-20-42-23-27)36-18-19-37-41(29-11-6-22-44-25-29)33-15-14-32(46-33)40(28-10-5-21-43-24-28)35-17-16-34(38)48(35)47-49(36)37/h1-25,47H. The average Bonchev–Trinajstić information content (AvgIpc) is 3.98. The Hall–Kier alpha value is -6.93. The highest BCUT2D eigenvalue weighted by atomic mass is 15.7. The molecule has 1 aromatic carbocycles. The summed E-state index contributed by atoms with van der Waals surface area (Å²) < 4.78 is 4.32. The Morgan fingerprint density at radius 2 is 0.878 bits per heavy atom. The molecule has 0 saturated heterocycles. The number of pyridine rings is 3. The number of nitrogens with zero attached hydrogens (tertiary/aromatic N) is 7. The first-order chi connectivity index (χ1) is 24.3. The molecule has 6 bridgehead atoms. The Labute approximate surface area is 281 Å². The number of fused-ring (bicyclic) bond motifs is 2. The molecule has 8 heteroatoms. The van der Waals surface area contributed by atoms with E-state index in [4.69, 9.17) is 9.98 Å². The lowest BCUT2D eigenvalue weighted by atomic mass is 10.0. The molecule has 4 aliphatic heterocycles. The third kappa shape index (κ3) is 4.28. The molecule has 0 saturated carbocycles. The predicted molar refractivity (Wildman–Crippen MR) is 192 cm³/mol. The normalized spacial score (nSPS) is 15.8. The van der Waals surface area contributed by atoms with E-state index >= 15 is 0 Å². The van der Waals surface area contributed by atoms with Gasteiger partial charge in [-0.1, -0.05) is 48.5 Å². The number of allylic oxidation sites excluding steroid dienone is 4. The second-order valence-electron chi connectivity index (χ2n) is 12.0. The van der Waals surface area contributed by atoms with Crippen LogP contribution in [0, 0.1) is 0 Å². The number of hydrogen-bond acceptors (Lipinski definition) is 6. The minimum absolute atomic E-state index is 0.845. The van der Waals surface area contributed by atoms with Gasteiger partial charge in [0.2, 0.25) is 0 Å². The van der Waals surface area contributed by atoms with Gasteiger partial charge in [0.15, 0.2) is 0 Å². The topological polar surface area (TPSA) is 85.3 Å². The SMILES string of the molecule is C1=CC2=C(c3cccnc3)c3ccc4n3Nn3c(ccc3=C(c3cccnc3)C3=NC(=C4c4cccnc4)C=C3)=C(c3ccccc3)C1=N2. The lowest BCUT2D eigenvalue weighted by Crippen LogP contribution is -2.42. The van der Waals surface area contributed by atoms with Gasteiger partial charge in [-0.15, -0.1) is 0 Å². The molecule has 230 valence electrons. The first-order valence-corrected chi connectivity index (χ1v) is 16.1. The molecule has 1 N–H and O–H groups in total. The van der Waals surface area contributed by atoms with E-state index in [9.17, 15) is 0 Å². The molecule has 6 aromatic rings. The van der Waals surface area contributed by atoms with Crippen molar-refractivity contribution in [3.8, 4) is 0 Å². The third-order valence-electron chi connectivity index (χ3n) is 9.20. The molecule has 8 nitrogen and oxygen atoms in total. The molecule has 4 aliphatic rings. The zero-order valence-electron chi connectivity index (χ0n) is 26.1. The van der Waals surface area contributed by atoms with Crippen LogP contribution >= 0.6 is 0 Å². The van der Waals surface area contributed by atoms with Gasteiger partial charge in [0.25, 0.3) is 0 Å². The molecule has 0 amide bonds. The molecule has 49 heavy (non-hydrogen) atoms. The van der Waals surface area contributed by atoms with E-state index in [2.05, 4.69) is 121 Å². The molecule has 0 spiro atoms. The van der Waals surface area contributed by atoms with Crippen molar-refractivity contribution in [2.24, 2.45) is 9.98 Å². The number of rotatable bonds is 4. The molecule has 0 fully saturated rings. The van der Waals surface area contributed by atoms with E-state index in [1.807, 2.05) is 42.9 Å². The fraction of sp³-hybridized carbons (Fsp3) is 0. The van der Waals surface area contributed by atoms with Crippen LogP contribution in [-0.4, -0.2) is 35.7 Å². The highest BCUT2D eigenvalue weighted by Crippen LogP contribution is 2.37. The zero-order chi connectivity index (χ0) is 32.3. The van der Waals surface area contributed by atoms with Gasteiger partial charge in [0, 0.05) is 76.2 Å². The maximum absolute atomic E-state index is 5.35. The number of benzene rings is 1. The summed E-state index contributed by atoms with van der Waals surface area (Å²) in [5, 5.41) is 1.89. The van der Waals surface area contributed by atoms with Gasteiger partial charge in [-0.25, -0.2) is 24.9 Å². The molecular formula is C41H26N8. The van der Waals surface area contributed by atoms with Gasteiger partial charge in [0.05, 0.1) is 44.9 Å². The number of hydrogen-bond donors (Lipinski definition) is 1. The minimum Gasteiger partial charge on any atom is -0.264 e. The van der Waals surface area contributed by atoms with Crippen molar-refractivity contribution in [1.82, 2.24) is 24.3 Å². The van der Waals surface area contributed by atoms with Crippen molar-refractivity contribution in [3.05, 3.63) is 208 Å². The number of aromatic nitrogens is 5. The first kappa shape index (κ1) is 27.2. The molecular weight excluding hydrogens is 605 g/mol. The van der Waals surface area contributed by atoms with Crippen molar-refractivity contribution in [3.63, 3.8) is 0 Å². The summed E-state index contributed by atoms with van der Waals surface area (Å²) in [7, 11) is 0. The maximum Gasteiger partial charge on any atom is 0.0747 e. The van der Waals surface area contributed by atoms with E-state index in [1.54, 1.807) is 18.6 Å². The van der Waals surface area contributed by atoms with Crippen LogP contribution in [0.25, 0.3) is 22.3 Å². The maximum atomic E-state index is 5.35. The van der Waals surface area contributed by atoms with Crippen molar-refractivity contribution in [2.45, 2.75) is 0 Å². The summed E-state index contributed by atoms with van der Waals surface area (Å²) in [6, 6.07) is 31.2. The highest BCUT2D eigenvalue weighted by Gasteiger charge is 2.28. The molecule has 0 radical (unpaired) electrons. The second-order valence-corrected chi connectivity index (χ2v) is 12.0. The average molecular weight is 631 g/mol. The van der Waals surface area contributed by atoms with Crippen molar-refractivity contribution < 1.29 is 0 Å². The van der Waals surface area contributed by atoms with Crippen LogP contribution in [0.1, 0.15) is 33.6 Å². The second kappa shape index (κ2) is 10.8. The van der Waals surface area contributed by atoms with Crippen LogP contribution in [-0.2, 0) is 0 Å². The monoisotopic (exact) mass is 630 g/mol. The summed E-state index contributed by atoms with van der Waals surface area (Å²) in [6.07, 6.45) is 19.5. The van der Waals surface area contributed by atoms with Gasteiger partial charge >= 0.3 is 0 Å². The van der Waals surface area contributed by atoms with Crippen LogP contribution in [0.15, 0.2) is 174 Å². The summed E-state index contributed by atoms with van der Waals surface area (Å²) in [5.74, 6) is 0. The van der Waals surface area contributed by atoms with Crippen LogP contribution in [0.2, 0.25) is 0 Å². The summed E-state index contributed by atoms with van der Waals surface area (Å²) in [6.45, 7) is 0. The summed E-state index contributed by atoms with van der Waals surface area (Å²) >= 11 is 0. The quantitative estimate of drug-likeness (QED) is 0.281. The smallest absolute Gasteiger partial charge is 0.0747 e. The van der Waals surface area contributed by atoms with Gasteiger partial charge in [-0.05, 0) is 72.3 Å². The molecule has 5 aromatic heterocycles. The highest BCUT2D eigenvalue weighted by molar-refractivity contribution is 6.31. The Morgan fingerprint density at radius 1 is 0.408 bits per heavy atom. The van der Waals surface area contributed by atoms with Crippen LogP contribution in [0.3, 0.4) is 0 Å². The Bertz CT molecular complexity index is 2460. The van der Waals surface area contributed by atoms with Gasteiger partial charge in [-0.2, -0.15) is 0 Å². The Morgan fingerprint density at radius 3 is 1.37 bits per heavy atom. The Kier molecular flexibility index (Phi) is 6.01. The molecule has 10 rings (SSSR count). The lowest BCUT2D eigenvalue weighted by Gasteiger charge is -2.23. The van der Waals surface area contributed by atoms with E-state index < -0.39 is 0 Å². The third-order valence-corrected chi connectivity index (χ3v) is 9.20. The fourth-order valence-corrected chi connectivity index (χ4v) is 7.10. The fourth-order valence-electron chi connectivity index (χ4n) is 7.10. The van der Waals surface area contributed by atoms with Crippen molar-refractivity contribution >= 4 is 33.7 Å². The van der Waals surface area contributed by atoms with Crippen molar-refractivity contribution in [1.29, 1.82) is 0 Å². The molecule has 0 atom stereocenters. The van der Waals surface area contributed by atoms with E-state index in [0.29, 0.717) is 0 Å². The Balaban J connectivity index is 1.43. The van der Waals surface area contributed by atoms with Crippen molar-refractivity contribution in [2.75, 3.05) is 5.53 Å². The van der Waals surface area contributed by atoms with Crippen LogP contribution in [0.5, 0.6) is 0 Å². The first-order valence-electron chi connectivity index (χ1n) is 16.1. The van der Waals surface area contributed by atoms with E-state index in [0.717, 1.165) is 89.4 Å². The lowest BCUT2D eigenvalue weighted by molar-refractivity contribution is 0.710. The number of aliphatic imine (C=N–C) groups is 2. The van der Waals surface area contributed by atoms with Gasteiger partial charge in [0.1, 0.15) is 0 Å². The number of nitrogens with one attached hydrogen (secondary N) is 1. The molecule has 0 unspecified atom stereocenters. The molecule has 9 heterocycles. The summed E-state index contributed by atoms with van der Waals surface area (Å²) in [5.41, 5.74) is 17.0. The van der Waals surface area contributed by atoms with E-state index in [-0.39, 0.29) is 0 Å². The van der Waals surface area contributed by atoms with Crippen LogP contribution < -0.4 is 16.2 Å².